The van der Waals surface area contributed by atoms with Crippen LogP contribution in [0.2, 0.25) is 5.02 Å². The Bertz CT molecular complexity index is 1300. The van der Waals surface area contributed by atoms with Crippen LogP contribution in [0.3, 0.4) is 0 Å². The normalized spacial score (nSPS) is 22.2. The van der Waals surface area contributed by atoms with Crippen molar-refractivity contribution in [3.63, 3.8) is 0 Å². The summed E-state index contributed by atoms with van der Waals surface area (Å²) in [4.78, 5) is 16.7. The number of benzene rings is 3. The van der Waals surface area contributed by atoms with Crippen LogP contribution in [0, 0.1) is 5.92 Å². The zero-order chi connectivity index (χ0) is 27.2. The van der Waals surface area contributed by atoms with E-state index in [0.29, 0.717) is 35.7 Å². The van der Waals surface area contributed by atoms with E-state index in [1.807, 2.05) is 85.8 Å². The number of carbonyl (C=O) groups is 1. The lowest BCUT2D eigenvalue weighted by Gasteiger charge is -2.39. The van der Waals surface area contributed by atoms with Crippen molar-refractivity contribution in [2.24, 2.45) is 5.92 Å². The molecular weight excluding hydrogens is 528 g/mol. The van der Waals surface area contributed by atoms with E-state index < -0.39 is 0 Å². The van der Waals surface area contributed by atoms with Gasteiger partial charge < -0.3 is 19.7 Å². The van der Waals surface area contributed by atoms with Crippen LogP contribution < -0.4 is 14.8 Å². The van der Waals surface area contributed by atoms with Gasteiger partial charge in [-0.1, -0.05) is 79.5 Å². The number of amides is 1. The fourth-order valence-electron chi connectivity index (χ4n) is 5.26. The molecule has 5 rings (SSSR count). The molecule has 0 bridgehead atoms. The highest BCUT2D eigenvalue weighted by atomic mass is 35.5. The zero-order valence-electron chi connectivity index (χ0n) is 22.4. The summed E-state index contributed by atoms with van der Waals surface area (Å²) in [5, 5.41) is 4.30. The van der Waals surface area contributed by atoms with Crippen LogP contribution in [0.1, 0.15) is 50.7 Å². The van der Waals surface area contributed by atoms with Gasteiger partial charge in [-0.3, -0.25) is 4.79 Å². The van der Waals surface area contributed by atoms with Gasteiger partial charge in [0.15, 0.2) is 17.0 Å². The number of ether oxygens (including phenoxy) is 2. The van der Waals surface area contributed by atoms with Gasteiger partial charge in [-0.15, -0.1) is 0 Å². The summed E-state index contributed by atoms with van der Waals surface area (Å²) < 4.78 is 12.0. The maximum absolute atomic E-state index is 13.8. The maximum atomic E-state index is 13.8. The van der Waals surface area contributed by atoms with Crippen molar-refractivity contribution in [2.75, 3.05) is 11.9 Å². The molecule has 3 aromatic rings. The number of rotatable bonds is 9. The smallest absolute Gasteiger partial charge is 0.262 e. The van der Waals surface area contributed by atoms with Crippen LogP contribution in [0.25, 0.3) is 6.08 Å². The van der Waals surface area contributed by atoms with E-state index in [-0.39, 0.29) is 17.4 Å². The van der Waals surface area contributed by atoms with E-state index in [1.54, 1.807) is 11.8 Å². The lowest BCUT2D eigenvalue weighted by Crippen LogP contribution is -2.48. The van der Waals surface area contributed by atoms with Crippen LogP contribution >= 0.6 is 23.4 Å². The highest BCUT2D eigenvalue weighted by Gasteiger charge is 2.42. The molecular formula is C32H35ClN2O3S. The van der Waals surface area contributed by atoms with E-state index in [4.69, 9.17) is 21.1 Å². The summed E-state index contributed by atoms with van der Waals surface area (Å²) in [5.74, 6) is 1.89. The molecule has 1 heterocycles. The molecule has 1 saturated heterocycles. The number of nitrogens with one attached hydrogen (secondary N) is 1. The number of halogens is 1. The Labute approximate surface area is 240 Å². The Morgan fingerprint density at radius 2 is 1.77 bits per heavy atom. The van der Waals surface area contributed by atoms with E-state index in [1.165, 1.54) is 6.42 Å². The monoisotopic (exact) mass is 562 g/mol. The highest BCUT2D eigenvalue weighted by molar-refractivity contribution is 8.05. The molecule has 0 aromatic heterocycles. The first-order valence-corrected chi connectivity index (χ1v) is 14.9. The highest BCUT2D eigenvalue weighted by Crippen LogP contribution is 2.42. The first kappa shape index (κ1) is 27.5. The Morgan fingerprint density at radius 3 is 2.51 bits per heavy atom. The SMILES string of the molecule is CCOc1cc(/C=C2\SC(Nc3ccccc3)N([C@@H]3CCCC[C@H]3C)C2=O)ccc1OCc1ccc(Cl)cc1. The molecule has 2 fully saturated rings. The summed E-state index contributed by atoms with van der Waals surface area (Å²) in [6.45, 7) is 5.16. The fraction of sp³-hybridized carbons (Fsp3) is 0.344. The molecule has 1 saturated carbocycles. The average molecular weight is 563 g/mol. The number of anilines is 1. The van der Waals surface area contributed by atoms with Crippen molar-refractivity contribution in [1.82, 2.24) is 4.90 Å². The molecule has 0 spiro atoms. The second kappa shape index (κ2) is 12.8. The van der Waals surface area contributed by atoms with Crippen molar-refractivity contribution in [3.8, 4) is 11.5 Å². The summed E-state index contributed by atoms with van der Waals surface area (Å²) >= 11 is 7.59. The van der Waals surface area contributed by atoms with Gasteiger partial charge in [0.2, 0.25) is 0 Å². The van der Waals surface area contributed by atoms with E-state index in [2.05, 4.69) is 17.1 Å². The molecule has 1 aliphatic heterocycles. The van der Waals surface area contributed by atoms with Gasteiger partial charge in [-0.25, -0.2) is 0 Å². The first-order valence-electron chi connectivity index (χ1n) is 13.7. The lowest BCUT2D eigenvalue weighted by molar-refractivity contribution is -0.129. The van der Waals surface area contributed by atoms with Gasteiger partial charge in [0.05, 0.1) is 11.5 Å². The quantitative estimate of drug-likeness (QED) is 0.266. The van der Waals surface area contributed by atoms with Crippen LogP contribution in [0.15, 0.2) is 77.7 Å². The van der Waals surface area contributed by atoms with Crippen LogP contribution in [-0.2, 0) is 11.4 Å². The maximum Gasteiger partial charge on any atom is 0.262 e. The molecule has 39 heavy (non-hydrogen) atoms. The predicted molar refractivity (Wildman–Crippen MR) is 161 cm³/mol. The Hall–Kier alpha value is -3.09. The van der Waals surface area contributed by atoms with Crippen molar-refractivity contribution in [3.05, 3.63) is 93.9 Å². The molecule has 1 unspecified atom stereocenters. The van der Waals surface area contributed by atoms with Gasteiger partial charge in [0.25, 0.3) is 5.91 Å². The van der Waals surface area contributed by atoms with E-state index >= 15 is 0 Å². The van der Waals surface area contributed by atoms with Gasteiger partial charge in [0.1, 0.15) is 6.61 Å². The Balaban J connectivity index is 1.38. The molecule has 1 aliphatic carbocycles. The van der Waals surface area contributed by atoms with Crippen LogP contribution in [-0.4, -0.2) is 29.0 Å². The van der Waals surface area contributed by atoms with Gasteiger partial charge in [-0.05, 0) is 79.3 Å². The van der Waals surface area contributed by atoms with Crippen molar-refractivity contribution in [1.29, 1.82) is 0 Å². The van der Waals surface area contributed by atoms with Crippen molar-refractivity contribution >= 4 is 41.0 Å². The molecule has 3 atom stereocenters. The Kier molecular flexibility index (Phi) is 9.05. The molecule has 3 aromatic carbocycles. The Morgan fingerprint density at radius 1 is 1.00 bits per heavy atom. The van der Waals surface area contributed by atoms with Gasteiger partial charge in [-0.2, -0.15) is 0 Å². The lowest BCUT2D eigenvalue weighted by atomic mass is 9.85. The van der Waals surface area contributed by atoms with Crippen molar-refractivity contribution < 1.29 is 14.3 Å². The number of para-hydroxylation sites is 1. The second-order valence-electron chi connectivity index (χ2n) is 10.1. The van der Waals surface area contributed by atoms with Crippen LogP contribution in [0.5, 0.6) is 11.5 Å². The minimum absolute atomic E-state index is 0.0909. The predicted octanol–water partition coefficient (Wildman–Crippen LogP) is 8.21. The molecule has 5 nitrogen and oxygen atoms in total. The van der Waals surface area contributed by atoms with E-state index in [0.717, 1.165) is 41.0 Å². The summed E-state index contributed by atoms with van der Waals surface area (Å²) in [6, 6.07) is 23.8. The van der Waals surface area contributed by atoms with Crippen molar-refractivity contribution in [2.45, 2.75) is 57.7 Å². The average Bonchev–Trinajstić information content (AvgIpc) is 3.24. The minimum Gasteiger partial charge on any atom is -0.490 e. The number of nitrogens with zero attached hydrogens (tertiary/aromatic N) is 1. The second-order valence-corrected chi connectivity index (χ2v) is 11.6. The topological polar surface area (TPSA) is 50.8 Å². The van der Waals surface area contributed by atoms with E-state index in [9.17, 15) is 4.79 Å². The fourth-order valence-corrected chi connectivity index (χ4v) is 6.60. The number of carbonyl (C=O) groups excluding carboxylic acids is 1. The number of hydrogen-bond acceptors (Lipinski definition) is 5. The van der Waals surface area contributed by atoms with Gasteiger partial charge >= 0.3 is 0 Å². The molecule has 7 heteroatoms. The minimum atomic E-state index is -0.148. The first-order chi connectivity index (χ1) is 19.0. The van der Waals surface area contributed by atoms with Gasteiger partial charge in [0, 0.05) is 16.8 Å². The third-order valence-electron chi connectivity index (χ3n) is 7.30. The number of hydrogen-bond donors (Lipinski definition) is 1. The van der Waals surface area contributed by atoms with Crippen LogP contribution in [0.4, 0.5) is 5.69 Å². The molecule has 2 aliphatic rings. The largest absolute Gasteiger partial charge is 0.490 e. The molecule has 204 valence electrons. The molecule has 1 N–H and O–H groups in total. The third kappa shape index (κ3) is 6.74. The standard InChI is InChI=1S/C32H35ClN2O3S/c1-3-37-29-19-24(15-18-28(29)38-21-23-13-16-25(33)17-14-23)20-30-31(36)35(27-12-8-7-9-22(27)2)32(39-30)34-26-10-5-4-6-11-26/h4-6,10-11,13-20,22,27,32,34H,3,7-9,12,21H2,1-2H3/b30-20-/t22-,27-,32?/m1/s1. The number of thioether (sulfide) groups is 1. The summed E-state index contributed by atoms with van der Waals surface area (Å²) in [7, 11) is 0. The zero-order valence-corrected chi connectivity index (χ0v) is 24.0. The third-order valence-corrected chi connectivity index (χ3v) is 8.66. The summed E-state index contributed by atoms with van der Waals surface area (Å²) in [5.41, 5.74) is 2.79. The molecule has 1 amide bonds. The molecule has 0 radical (unpaired) electrons. The summed E-state index contributed by atoms with van der Waals surface area (Å²) in [6.07, 6.45) is 6.58.